The van der Waals surface area contributed by atoms with Gasteiger partial charge in [0.05, 0.1) is 11.4 Å². The van der Waals surface area contributed by atoms with Crippen molar-refractivity contribution in [3.8, 4) is 10.6 Å². The molecular weight excluding hydrogens is 350 g/mol. The molecule has 1 aromatic carbocycles. The van der Waals surface area contributed by atoms with E-state index >= 15 is 0 Å². The van der Waals surface area contributed by atoms with E-state index in [2.05, 4.69) is 10.3 Å². The number of benzene rings is 1. The predicted octanol–water partition coefficient (Wildman–Crippen LogP) is 4.84. The fourth-order valence-electron chi connectivity index (χ4n) is 2.08. The van der Waals surface area contributed by atoms with Crippen LogP contribution in [0.15, 0.2) is 40.4 Å². The second-order valence-electron chi connectivity index (χ2n) is 5.06. The fraction of sp³-hybridized carbons (Fsp3) is 0.125. The molecule has 0 spiro atoms. The van der Waals surface area contributed by atoms with Crippen LogP contribution in [0.4, 0.5) is 11.4 Å². The Morgan fingerprint density at radius 3 is 2.78 bits per heavy atom. The highest BCUT2D eigenvalue weighted by Crippen LogP contribution is 2.29. The van der Waals surface area contributed by atoms with Crippen LogP contribution in [0, 0.1) is 0 Å². The van der Waals surface area contributed by atoms with E-state index in [1.165, 1.54) is 11.3 Å². The number of amides is 1. The summed E-state index contributed by atoms with van der Waals surface area (Å²) in [4.78, 5) is 18.8. The van der Waals surface area contributed by atoms with Gasteiger partial charge in [-0.15, -0.1) is 11.3 Å². The van der Waals surface area contributed by atoms with Gasteiger partial charge in [-0.2, -0.15) is 11.3 Å². The first-order valence-corrected chi connectivity index (χ1v) is 9.01. The maximum atomic E-state index is 12.5. The van der Waals surface area contributed by atoms with Crippen molar-refractivity contribution in [2.45, 2.75) is 0 Å². The Hall–Kier alpha value is -1.89. The molecule has 7 heteroatoms. The molecule has 0 aliphatic carbocycles. The van der Waals surface area contributed by atoms with Gasteiger partial charge in [-0.3, -0.25) is 4.79 Å². The van der Waals surface area contributed by atoms with Gasteiger partial charge in [-0.05, 0) is 29.6 Å². The molecule has 0 saturated carbocycles. The monoisotopic (exact) mass is 363 g/mol. The first kappa shape index (κ1) is 16.0. The third-order valence-electron chi connectivity index (χ3n) is 3.19. The number of thiophene rings is 1. The minimum atomic E-state index is -0.243. The van der Waals surface area contributed by atoms with Crippen LogP contribution in [0.25, 0.3) is 10.6 Å². The van der Waals surface area contributed by atoms with E-state index in [0.29, 0.717) is 16.4 Å². The Bertz CT molecular complexity index is 828. The van der Waals surface area contributed by atoms with Crippen molar-refractivity contribution >= 4 is 51.6 Å². The number of thiazole rings is 1. The number of hydrogen-bond acceptors (Lipinski definition) is 5. The maximum absolute atomic E-state index is 12.5. The van der Waals surface area contributed by atoms with Gasteiger partial charge < -0.3 is 10.2 Å². The highest BCUT2D eigenvalue weighted by Gasteiger charge is 2.15. The molecule has 0 aliphatic rings. The van der Waals surface area contributed by atoms with E-state index in [0.717, 1.165) is 16.3 Å². The molecule has 2 heterocycles. The molecule has 3 aromatic rings. The second kappa shape index (κ2) is 6.70. The smallest absolute Gasteiger partial charge is 0.275 e. The molecule has 1 N–H and O–H groups in total. The Labute approximate surface area is 147 Å². The lowest BCUT2D eigenvalue weighted by Crippen LogP contribution is -2.17. The summed E-state index contributed by atoms with van der Waals surface area (Å²) in [5, 5.41) is 10.1. The number of halogens is 1. The molecule has 0 unspecified atom stereocenters. The van der Waals surface area contributed by atoms with E-state index in [-0.39, 0.29) is 5.91 Å². The average molecular weight is 364 g/mol. The second-order valence-corrected chi connectivity index (χ2v) is 7.13. The van der Waals surface area contributed by atoms with E-state index in [9.17, 15) is 4.79 Å². The first-order valence-electron chi connectivity index (χ1n) is 6.81. The van der Waals surface area contributed by atoms with Crippen molar-refractivity contribution in [3.63, 3.8) is 0 Å². The van der Waals surface area contributed by atoms with Gasteiger partial charge in [-0.25, -0.2) is 4.98 Å². The molecule has 0 bridgehead atoms. The molecule has 0 radical (unpaired) electrons. The average Bonchev–Trinajstić information content (AvgIpc) is 3.18. The SMILES string of the molecule is CN(C)c1ccc(Cl)cc1NC(=O)c1csc(-c2ccsc2)n1. The predicted molar refractivity (Wildman–Crippen MR) is 99.2 cm³/mol. The van der Waals surface area contributed by atoms with Crippen LogP contribution in [-0.4, -0.2) is 25.0 Å². The van der Waals surface area contributed by atoms with Crippen LogP contribution in [0.3, 0.4) is 0 Å². The van der Waals surface area contributed by atoms with Crippen molar-refractivity contribution < 1.29 is 4.79 Å². The standard InChI is InChI=1S/C16H14ClN3OS2/c1-20(2)14-4-3-11(17)7-12(14)18-15(21)13-9-23-16(19-13)10-5-6-22-8-10/h3-9H,1-2H3,(H,18,21). The van der Waals surface area contributed by atoms with Gasteiger partial charge in [0.1, 0.15) is 10.7 Å². The highest BCUT2D eigenvalue weighted by atomic mass is 35.5. The highest BCUT2D eigenvalue weighted by molar-refractivity contribution is 7.14. The van der Waals surface area contributed by atoms with E-state index < -0.39 is 0 Å². The summed E-state index contributed by atoms with van der Waals surface area (Å²) in [5.41, 5.74) is 2.99. The van der Waals surface area contributed by atoms with E-state index in [1.807, 2.05) is 41.9 Å². The van der Waals surface area contributed by atoms with Crippen molar-refractivity contribution in [3.05, 3.63) is 51.1 Å². The van der Waals surface area contributed by atoms with Crippen LogP contribution < -0.4 is 10.2 Å². The topological polar surface area (TPSA) is 45.2 Å². The molecule has 1 amide bonds. The zero-order valence-corrected chi connectivity index (χ0v) is 14.9. The minimum Gasteiger partial charge on any atom is -0.376 e. The number of carbonyl (C=O) groups excluding carboxylic acids is 1. The molecule has 2 aromatic heterocycles. The van der Waals surface area contributed by atoms with Crippen LogP contribution in [0.5, 0.6) is 0 Å². The van der Waals surface area contributed by atoms with Crippen LogP contribution in [-0.2, 0) is 0 Å². The lowest BCUT2D eigenvalue weighted by Gasteiger charge is -2.17. The minimum absolute atomic E-state index is 0.243. The lowest BCUT2D eigenvalue weighted by molar-refractivity contribution is 0.102. The van der Waals surface area contributed by atoms with Crippen molar-refractivity contribution in [1.82, 2.24) is 4.98 Å². The van der Waals surface area contributed by atoms with Gasteiger partial charge in [0.15, 0.2) is 0 Å². The Morgan fingerprint density at radius 1 is 1.26 bits per heavy atom. The summed E-state index contributed by atoms with van der Waals surface area (Å²) in [7, 11) is 3.83. The van der Waals surface area contributed by atoms with Gasteiger partial charge >= 0.3 is 0 Å². The van der Waals surface area contributed by atoms with Gasteiger partial charge in [0.25, 0.3) is 5.91 Å². The lowest BCUT2D eigenvalue weighted by atomic mass is 10.2. The Kier molecular flexibility index (Phi) is 4.66. The number of nitrogens with one attached hydrogen (secondary N) is 1. The summed E-state index contributed by atoms with van der Waals surface area (Å²) in [6.45, 7) is 0. The molecule has 0 saturated heterocycles. The van der Waals surface area contributed by atoms with E-state index in [4.69, 9.17) is 11.6 Å². The zero-order chi connectivity index (χ0) is 16.4. The number of carbonyl (C=O) groups is 1. The van der Waals surface area contributed by atoms with Crippen LogP contribution in [0.2, 0.25) is 5.02 Å². The molecule has 118 valence electrons. The molecule has 0 aliphatic heterocycles. The Morgan fingerprint density at radius 2 is 2.09 bits per heavy atom. The largest absolute Gasteiger partial charge is 0.376 e. The molecule has 0 fully saturated rings. The summed E-state index contributed by atoms with van der Waals surface area (Å²) in [5.74, 6) is -0.243. The van der Waals surface area contributed by atoms with Crippen LogP contribution in [0.1, 0.15) is 10.5 Å². The molecule has 3 rings (SSSR count). The molecule has 0 atom stereocenters. The molecule has 4 nitrogen and oxygen atoms in total. The fourth-order valence-corrected chi connectivity index (χ4v) is 3.77. The van der Waals surface area contributed by atoms with Gasteiger partial charge in [0.2, 0.25) is 0 Å². The Balaban J connectivity index is 1.84. The van der Waals surface area contributed by atoms with Gasteiger partial charge in [-0.1, -0.05) is 11.6 Å². The number of aromatic nitrogens is 1. The quantitative estimate of drug-likeness (QED) is 0.721. The maximum Gasteiger partial charge on any atom is 0.275 e. The van der Waals surface area contributed by atoms with E-state index in [1.54, 1.807) is 28.8 Å². The first-order chi connectivity index (χ1) is 11.0. The zero-order valence-electron chi connectivity index (χ0n) is 12.5. The van der Waals surface area contributed by atoms with Gasteiger partial charge in [0, 0.05) is 35.4 Å². The number of nitrogens with zero attached hydrogens (tertiary/aromatic N) is 2. The van der Waals surface area contributed by atoms with Crippen molar-refractivity contribution in [1.29, 1.82) is 0 Å². The number of anilines is 2. The molecule has 23 heavy (non-hydrogen) atoms. The third kappa shape index (κ3) is 3.55. The molecular formula is C16H14ClN3OS2. The summed E-state index contributed by atoms with van der Waals surface area (Å²) < 4.78 is 0. The van der Waals surface area contributed by atoms with Crippen LogP contribution >= 0.6 is 34.3 Å². The van der Waals surface area contributed by atoms with Crippen molar-refractivity contribution in [2.24, 2.45) is 0 Å². The summed E-state index contributed by atoms with van der Waals surface area (Å²) in [6.07, 6.45) is 0. The normalized spacial score (nSPS) is 10.6. The number of rotatable bonds is 4. The van der Waals surface area contributed by atoms with Crippen molar-refractivity contribution in [2.75, 3.05) is 24.3 Å². The summed E-state index contributed by atoms with van der Waals surface area (Å²) >= 11 is 9.11. The third-order valence-corrected chi connectivity index (χ3v) is 5.00. The number of hydrogen-bond donors (Lipinski definition) is 1. The summed E-state index contributed by atoms with van der Waals surface area (Å²) in [6, 6.07) is 7.40.